The minimum Gasteiger partial charge on any atom is -0.353 e. The molecular weight excluding hydrogens is 446 g/mol. The van der Waals surface area contributed by atoms with E-state index in [0.717, 1.165) is 24.1 Å². The standard InChI is InChI=1S/C31H41N3O2/c1-4-6-7-9-13-26-17-19-28(20-18-26)31(36)33(21-5-2)25-30(35)34(23-27-14-10-8-11-15-27)24-29-16-12-22-32(29)3/h8,10-12,14-20,22H,4-7,9,13,21,23-25H2,1-3H3. The third-order valence-corrected chi connectivity index (χ3v) is 6.60. The molecule has 0 atom stereocenters. The van der Waals surface area contributed by atoms with Crippen molar-refractivity contribution in [3.63, 3.8) is 0 Å². The Bertz CT molecular complexity index is 1070. The summed E-state index contributed by atoms with van der Waals surface area (Å²) in [6.07, 6.45) is 8.74. The molecular formula is C31H41N3O2. The van der Waals surface area contributed by atoms with E-state index in [-0.39, 0.29) is 18.4 Å². The van der Waals surface area contributed by atoms with Gasteiger partial charge in [0, 0.05) is 37.6 Å². The first-order valence-electron chi connectivity index (χ1n) is 13.3. The van der Waals surface area contributed by atoms with Crippen LogP contribution in [-0.2, 0) is 31.4 Å². The van der Waals surface area contributed by atoms with Crippen LogP contribution in [-0.4, -0.2) is 39.3 Å². The van der Waals surface area contributed by atoms with Gasteiger partial charge in [-0.2, -0.15) is 0 Å². The summed E-state index contributed by atoms with van der Waals surface area (Å²) in [5.74, 6) is -0.129. The molecule has 0 N–H and O–H groups in total. The van der Waals surface area contributed by atoms with Crippen molar-refractivity contribution >= 4 is 11.8 Å². The Kier molecular flexibility index (Phi) is 10.8. The second-order valence-corrected chi connectivity index (χ2v) is 9.58. The number of aryl methyl sites for hydroxylation is 2. The highest BCUT2D eigenvalue weighted by atomic mass is 16.2. The molecule has 0 aliphatic carbocycles. The van der Waals surface area contributed by atoms with Gasteiger partial charge >= 0.3 is 0 Å². The molecule has 192 valence electrons. The molecule has 5 nitrogen and oxygen atoms in total. The highest BCUT2D eigenvalue weighted by Gasteiger charge is 2.23. The smallest absolute Gasteiger partial charge is 0.254 e. The van der Waals surface area contributed by atoms with Crippen molar-refractivity contribution in [3.05, 3.63) is 95.3 Å². The van der Waals surface area contributed by atoms with Crippen molar-refractivity contribution in [1.82, 2.24) is 14.4 Å². The summed E-state index contributed by atoms with van der Waals surface area (Å²) < 4.78 is 2.03. The number of carbonyl (C=O) groups is 2. The first-order chi connectivity index (χ1) is 17.5. The summed E-state index contributed by atoms with van der Waals surface area (Å²) in [7, 11) is 1.99. The number of hydrogen-bond acceptors (Lipinski definition) is 2. The molecule has 3 rings (SSSR count). The second-order valence-electron chi connectivity index (χ2n) is 9.58. The lowest BCUT2D eigenvalue weighted by Gasteiger charge is -2.28. The van der Waals surface area contributed by atoms with E-state index in [4.69, 9.17) is 0 Å². The van der Waals surface area contributed by atoms with Crippen LogP contribution >= 0.6 is 0 Å². The molecule has 0 bridgehead atoms. The van der Waals surface area contributed by atoms with Crippen LogP contribution < -0.4 is 0 Å². The number of aromatic nitrogens is 1. The number of unbranched alkanes of at least 4 members (excludes halogenated alkanes) is 3. The van der Waals surface area contributed by atoms with Crippen molar-refractivity contribution in [2.75, 3.05) is 13.1 Å². The molecule has 2 aromatic carbocycles. The van der Waals surface area contributed by atoms with Crippen LogP contribution in [0.5, 0.6) is 0 Å². The molecule has 2 amide bonds. The van der Waals surface area contributed by atoms with E-state index < -0.39 is 0 Å². The van der Waals surface area contributed by atoms with Gasteiger partial charge in [0.15, 0.2) is 0 Å². The first kappa shape index (κ1) is 27.3. The van der Waals surface area contributed by atoms with Gasteiger partial charge in [-0.05, 0) is 54.7 Å². The van der Waals surface area contributed by atoms with E-state index >= 15 is 0 Å². The number of carbonyl (C=O) groups excluding carboxylic acids is 2. The Hall–Kier alpha value is -3.34. The van der Waals surface area contributed by atoms with E-state index in [2.05, 4.69) is 19.1 Å². The lowest BCUT2D eigenvalue weighted by atomic mass is 10.0. The molecule has 0 fully saturated rings. The van der Waals surface area contributed by atoms with Gasteiger partial charge in [0.2, 0.25) is 5.91 Å². The van der Waals surface area contributed by atoms with Gasteiger partial charge in [0.05, 0.1) is 6.54 Å². The van der Waals surface area contributed by atoms with Gasteiger partial charge in [-0.15, -0.1) is 0 Å². The maximum Gasteiger partial charge on any atom is 0.254 e. The number of nitrogens with zero attached hydrogens (tertiary/aromatic N) is 3. The molecule has 0 spiro atoms. The van der Waals surface area contributed by atoms with Crippen LogP contribution in [0.3, 0.4) is 0 Å². The number of rotatable bonds is 14. The predicted octanol–water partition coefficient (Wildman–Crippen LogP) is 6.23. The fraction of sp³-hybridized carbons (Fsp3) is 0.419. The van der Waals surface area contributed by atoms with E-state index in [0.29, 0.717) is 25.2 Å². The third kappa shape index (κ3) is 8.11. The van der Waals surface area contributed by atoms with Crippen molar-refractivity contribution < 1.29 is 9.59 Å². The van der Waals surface area contributed by atoms with Crippen molar-refractivity contribution in [2.24, 2.45) is 7.05 Å². The minimum absolute atomic E-state index is 0.0469. The predicted molar refractivity (Wildman–Crippen MR) is 147 cm³/mol. The van der Waals surface area contributed by atoms with E-state index in [1.165, 1.54) is 31.2 Å². The van der Waals surface area contributed by atoms with Gasteiger partial charge in [-0.3, -0.25) is 9.59 Å². The molecule has 0 unspecified atom stereocenters. The Balaban J connectivity index is 1.70. The Morgan fingerprint density at radius 2 is 1.50 bits per heavy atom. The molecule has 0 saturated heterocycles. The SMILES string of the molecule is CCCCCCc1ccc(C(=O)N(CCC)CC(=O)N(Cc2ccccc2)Cc2cccn2C)cc1. The monoisotopic (exact) mass is 487 g/mol. The van der Waals surface area contributed by atoms with E-state index in [1.54, 1.807) is 4.90 Å². The third-order valence-electron chi connectivity index (χ3n) is 6.60. The summed E-state index contributed by atoms with van der Waals surface area (Å²) in [5.41, 5.74) is 4.04. The zero-order valence-electron chi connectivity index (χ0n) is 22.2. The van der Waals surface area contributed by atoms with Crippen LogP contribution in [0.1, 0.15) is 73.1 Å². The fourth-order valence-electron chi connectivity index (χ4n) is 4.43. The van der Waals surface area contributed by atoms with E-state index in [1.807, 2.05) is 84.2 Å². The average molecular weight is 488 g/mol. The summed E-state index contributed by atoms with van der Waals surface area (Å²) in [4.78, 5) is 30.5. The zero-order chi connectivity index (χ0) is 25.8. The second kappa shape index (κ2) is 14.3. The average Bonchev–Trinajstić information content (AvgIpc) is 3.30. The highest BCUT2D eigenvalue weighted by Crippen LogP contribution is 2.15. The first-order valence-corrected chi connectivity index (χ1v) is 13.3. The van der Waals surface area contributed by atoms with Crippen LogP contribution in [0.15, 0.2) is 72.9 Å². The van der Waals surface area contributed by atoms with Crippen LogP contribution in [0.25, 0.3) is 0 Å². The van der Waals surface area contributed by atoms with Crippen LogP contribution in [0, 0.1) is 0 Å². The molecule has 0 aliphatic heterocycles. The Morgan fingerprint density at radius 1 is 0.750 bits per heavy atom. The maximum atomic E-state index is 13.6. The lowest BCUT2D eigenvalue weighted by molar-refractivity contribution is -0.133. The molecule has 1 heterocycles. The number of benzene rings is 2. The Labute approximate surface area is 216 Å². The quantitative estimate of drug-likeness (QED) is 0.253. The molecule has 3 aromatic rings. The van der Waals surface area contributed by atoms with Gasteiger partial charge in [0.1, 0.15) is 6.54 Å². The van der Waals surface area contributed by atoms with Gasteiger partial charge < -0.3 is 14.4 Å². The van der Waals surface area contributed by atoms with Crippen molar-refractivity contribution in [1.29, 1.82) is 0 Å². The minimum atomic E-state index is -0.0822. The Morgan fingerprint density at radius 3 is 2.14 bits per heavy atom. The summed E-state index contributed by atoms with van der Waals surface area (Å²) in [6.45, 7) is 5.88. The molecule has 36 heavy (non-hydrogen) atoms. The summed E-state index contributed by atoms with van der Waals surface area (Å²) >= 11 is 0. The zero-order valence-corrected chi connectivity index (χ0v) is 22.2. The van der Waals surface area contributed by atoms with Gasteiger partial charge in [-0.1, -0.05) is 75.6 Å². The molecule has 5 heteroatoms. The molecule has 1 aromatic heterocycles. The lowest BCUT2D eigenvalue weighted by Crippen LogP contribution is -2.43. The van der Waals surface area contributed by atoms with Gasteiger partial charge in [-0.25, -0.2) is 0 Å². The molecule has 0 radical (unpaired) electrons. The summed E-state index contributed by atoms with van der Waals surface area (Å²) in [6, 6.07) is 22.0. The number of hydrogen-bond donors (Lipinski definition) is 0. The molecule has 0 saturated carbocycles. The van der Waals surface area contributed by atoms with Crippen molar-refractivity contribution in [3.8, 4) is 0 Å². The van der Waals surface area contributed by atoms with Crippen molar-refractivity contribution in [2.45, 2.75) is 65.5 Å². The van der Waals surface area contributed by atoms with Gasteiger partial charge in [0.25, 0.3) is 5.91 Å². The number of amides is 2. The summed E-state index contributed by atoms with van der Waals surface area (Å²) in [5, 5.41) is 0. The topological polar surface area (TPSA) is 45.6 Å². The molecule has 0 aliphatic rings. The highest BCUT2D eigenvalue weighted by molar-refractivity contribution is 5.96. The van der Waals surface area contributed by atoms with Crippen LogP contribution in [0.2, 0.25) is 0 Å². The maximum absolute atomic E-state index is 13.6. The fourth-order valence-corrected chi connectivity index (χ4v) is 4.43. The largest absolute Gasteiger partial charge is 0.353 e. The normalized spacial score (nSPS) is 10.9. The van der Waals surface area contributed by atoms with E-state index in [9.17, 15) is 9.59 Å². The van der Waals surface area contributed by atoms with Crippen LogP contribution in [0.4, 0.5) is 0 Å².